The Morgan fingerprint density at radius 2 is 1.86 bits per heavy atom. The van der Waals surface area contributed by atoms with E-state index in [2.05, 4.69) is 25.9 Å². The number of hydrogen-bond acceptors (Lipinski definition) is 6. The van der Waals surface area contributed by atoms with Crippen LogP contribution in [0.2, 0.25) is 0 Å². The van der Waals surface area contributed by atoms with Crippen molar-refractivity contribution < 1.29 is 9.53 Å². The molecule has 9 heteroatoms. The molecule has 2 aromatic heterocycles. The molecule has 0 aliphatic carbocycles. The SMILES string of the molecule is CC(C)(C)NC(=O)COc1ccc(CNn2c(-c3ccncc3)n[nH]c2=S)cc1. The van der Waals surface area contributed by atoms with Crippen molar-refractivity contribution in [2.24, 2.45) is 0 Å². The van der Waals surface area contributed by atoms with E-state index in [1.54, 1.807) is 17.1 Å². The van der Waals surface area contributed by atoms with E-state index in [0.717, 1.165) is 11.1 Å². The van der Waals surface area contributed by atoms with Gasteiger partial charge < -0.3 is 15.5 Å². The summed E-state index contributed by atoms with van der Waals surface area (Å²) in [6.07, 6.45) is 3.41. The molecule has 8 nitrogen and oxygen atoms in total. The van der Waals surface area contributed by atoms with Crippen molar-refractivity contribution >= 4 is 18.1 Å². The van der Waals surface area contributed by atoms with Crippen molar-refractivity contribution in [1.29, 1.82) is 0 Å². The van der Waals surface area contributed by atoms with Crippen molar-refractivity contribution in [2.75, 3.05) is 12.0 Å². The number of aromatic amines is 1. The predicted octanol–water partition coefficient (Wildman–Crippen LogP) is 3.04. The van der Waals surface area contributed by atoms with Gasteiger partial charge >= 0.3 is 0 Å². The predicted molar refractivity (Wildman–Crippen MR) is 114 cm³/mol. The van der Waals surface area contributed by atoms with Gasteiger partial charge in [-0.25, -0.2) is 9.77 Å². The third kappa shape index (κ3) is 5.89. The van der Waals surface area contributed by atoms with E-state index in [0.29, 0.717) is 22.9 Å². The lowest BCUT2D eigenvalue weighted by molar-refractivity contribution is -0.124. The third-order valence-electron chi connectivity index (χ3n) is 3.86. The number of hydrogen-bond donors (Lipinski definition) is 3. The fraction of sp³-hybridized carbons (Fsp3) is 0.300. The number of rotatable bonds is 7. The van der Waals surface area contributed by atoms with Crippen LogP contribution in [0.15, 0.2) is 48.8 Å². The molecule has 0 spiro atoms. The number of aromatic nitrogens is 4. The summed E-state index contributed by atoms with van der Waals surface area (Å²) in [5, 5.41) is 9.94. The van der Waals surface area contributed by atoms with E-state index in [4.69, 9.17) is 17.0 Å². The molecule has 0 unspecified atom stereocenters. The first kappa shape index (κ1) is 20.5. The zero-order valence-corrected chi connectivity index (χ0v) is 17.4. The molecule has 3 N–H and O–H groups in total. The Morgan fingerprint density at radius 1 is 1.17 bits per heavy atom. The number of pyridine rings is 1. The van der Waals surface area contributed by atoms with E-state index >= 15 is 0 Å². The number of nitrogens with one attached hydrogen (secondary N) is 3. The molecule has 0 fully saturated rings. The summed E-state index contributed by atoms with van der Waals surface area (Å²) in [7, 11) is 0. The van der Waals surface area contributed by atoms with E-state index in [9.17, 15) is 4.79 Å². The molecule has 0 aliphatic heterocycles. The number of carbonyl (C=O) groups is 1. The lowest BCUT2D eigenvalue weighted by atomic mass is 10.1. The first-order valence-corrected chi connectivity index (χ1v) is 9.57. The second-order valence-corrected chi connectivity index (χ2v) is 7.88. The maximum Gasteiger partial charge on any atom is 0.258 e. The largest absolute Gasteiger partial charge is 0.484 e. The normalized spacial score (nSPS) is 11.1. The second-order valence-electron chi connectivity index (χ2n) is 7.49. The maximum absolute atomic E-state index is 11.8. The highest BCUT2D eigenvalue weighted by atomic mass is 32.1. The second kappa shape index (κ2) is 8.87. The first-order chi connectivity index (χ1) is 13.8. The van der Waals surface area contributed by atoms with E-state index in [-0.39, 0.29) is 18.1 Å². The molecule has 152 valence electrons. The Bertz CT molecular complexity index is 1010. The average molecular weight is 413 g/mol. The highest BCUT2D eigenvalue weighted by molar-refractivity contribution is 7.71. The van der Waals surface area contributed by atoms with Gasteiger partial charge in [0.2, 0.25) is 4.77 Å². The number of nitrogens with zero attached hydrogens (tertiary/aromatic N) is 3. The van der Waals surface area contributed by atoms with Crippen LogP contribution in [-0.2, 0) is 11.3 Å². The summed E-state index contributed by atoms with van der Waals surface area (Å²) >= 11 is 5.31. The van der Waals surface area contributed by atoms with Gasteiger partial charge in [-0.05, 0) is 62.8 Å². The lowest BCUT2D eigenvalue weighted by Gasteiger charge is -2.20. The van der Waals surface area contributed by atoms with Gasteiger partial charge in [-0.3, -0.25) is 9.78 Å². The quantitative estimate of drug-likeness (QED) is 0.516. The smallest absolute Gasteiger partial charge is 0.258 e. The molecular formula is C20H24N6O2S. The van der Waals surface area contributed by atoms with Crippen LogP contribution in [0.5, 0.6) is 5.75 Å². The van der Waals surface area contributed by atoms with Crippen molar-refractivity contribution in [3.63, 3.8) is 0 Å². The fourth-order valence-electron chi connectivity index (χ4n) is 2.62. The van der Waals surface area contributed by atoms with Crippen LogP contribution in [0.4, 0.5) is 0 Å². The number of amides is 1. The van der Waals surface area contributed by atoms with Crippen LogP contribution in [0.3, 0.4) is 0 Å². The van der Waals surface area contributed by atoms with Gasteiger partial charge in [0.1, 0.15) is 5.75 Å². The standard InChI is InChI=1S/C20H24N6O2S/c1-20(2,3)23-17(27)13-28-16-6-4-14(5-7-16)12-22-26-18(24-25-19(26)29)15-8-10-21-11-9-15/h4-11,22H,12-13H2,1-3H3,(H,23,27)(H,25,29). The molecule has 0 saturated carbocycles. The number of ether oxygens (including phenoxy) is 1. The molecule has 0 aliphatic rings. The highest BCUT2D eigenvalue weighted by Crippen LogP contribution is 2.16. The van der Waals surface area contributed by atoms with E-state index < -0.39 is 0 Å². The number of H-pyrrole nitrogens is 1. The van der Waals surface area contributed by atoms with E-state index in [1.165, 1.54) is 0 Å². The minimum atomic E-state index is -0.278. The molecule has 2 heterocycles. The average Bonchev–Trinajstić information content (AvgIpc) is 3.05. The molecular weight excluding hydrogens is 388 g/mol. The topological polar surface area (TPSA) is 96.9 Å². The Hall–Kier alpha value is -3.20. The third-order valence-corrected chi connectivity index (χ3v) is 4.13. The monoisotopic (exact) mass is 412 g/mol. The Kier molecular flexibility index (Phi) is 6.28. The van der Waals surface area contributed by atoms with Crippen LogP contribution in [0.1, 0.15) is 26.3 Å². The zero-order chi connectivity index (χ0) is 20.9. The Labute approximate surface area is 174 Å². The van der Waals surface area contributed by atoms with Crippen molar-refractivity contribution in [3.05, 3.63) is 59.1 Å². The highest BCUT2D eigenvalue weighted by Gasteiger charge is 2.14. The van der Waals surface area contributed by atoms with Gasteiger partial charge in [-0.15, -0.1) is 0 Å². The van der Waals surface area contributed by atoms with Gasteiger partial charge in [0.15, 0.2) is 12.4 Å². The Morgan fingerprint density at radius 3 is 2.52 bits per heavy atom. The molecule has 29 heavy (non-hydrogen) atoms. The molecule has 0 atom stereocenters. The van der Waals surface area contributed by atoms with Crippen LogP contribution >= 0.6 is 12.2 Å². The van der Waals surface area contributed by atoms with Crippen molar-refractivity contribution in [3.8, 4) is 17.1 Å². The minimum Gasteiger partial charge on any atom is -0.484 e. The van der Waals surface area contributed by atoms with Crippen LogP contribution in [-0.4, -0.2) is 37.9 Å². The maximum atomic E-state index is 11.8. The van der Waals surface area contributed by atoms with Crippen LogP contribution in [0, 0.1) is 4.77 Å². The van der Waals surface area contributed by atoms with Crippen molar-refractivity contribution in [1.82, 2.24) is 25.2 Å². The summed E-state index contributed by atoms with van der Waals surface area (Å²) in [5.74, 6) is 1.17. The molecule has 0 bridgehead atoms. The Balaban J connectivity index is 1.58. The number of benzene rings is 1. The number of carbonyl (C=O) groups excluding carboxylic acids is 1. The molecule has 0 saturated heterocycles. The minimum absolute atomic E-state index is 0.0195. The van der Waals surface area contributed by atoms with Gasteiger partial charge in [0.25, 0.3) is 5.91 Å². The summed E-state index contributed by atoms with van der Waals surface area (Å²) in [6, 6.07) is 11.3. The summed E-state index contributed by atoms with van der Waals surface area (Å²) in [5.41, 5.74) is 4.91. The summed E-state index contributed by atoms with van der Waals surface area (Å²) in [4.78, 5) is 15.9. The molecule has 1 aromatic carbocycles. The molecule has 3 rings (SSSR count). The van der Waals surface area contributed by atoms with Crippen LogP contribution < -0.4 is 15.5 Å². The molecule has 3 aromatic rings. The van der Waals surface area contributed by atoms with E-state index in [1.807, 2.05) is 57.2 Å². The zero-order valence-electron chi connectivity index (χ0n) is 16.6. The van der Waals surface area contributed by atoms with Gasteiger partial charge in [0.05, 0.1) is 6.54 Å². The van der Waals surface area contributed by atoms with Crippen molar-refractivity contribution in [2.45, 2.75) is 32.9 Å². The summed E-state index contributed by atoms with van der Waals surface area (Å²) < 4.78 is 7.74. The molecule has 0 radical (unpaired) electrons. The first-order valence-electron chi connectivity index (χ1n) is 9.16. The van der Waals surface area contributed by atoms with Crippen LogP contribution in [0.25, 0.3) is 11.4 Å². The van der Waals surface area contributed by atoms with Gasteiger partial charge in [0, 0.05) is 23.5 Å². The fourth-order valence-corrected chi connectivity index (χ4v) is 2.81. The van der Waals surface area contributed by atoms with Gasteiger partial charge in [-0.1, -0.05) is 12.1 Å². The molecule has 1 amide bonds. The van der Waals surface area contributed by atoms with Gasteiger partial charge in [-0.2, -0.15) is 5.10 Å². The lowest BCUT2D eigenvalue weighted by Crippen LogP contribution is -2.43. The summed E-state index contributed by atoms with van der Waals surface area (Å²) in [6.45, 7) is 6.31.